The molecule has 0 atom stereocenters. The molecule has 1 aliphatic rings. The molecule has 1 aliphatic heterocycles. The summed E-state index contributed by atoms with van der Waals surface area (Å²) < 4.78 is 24.1. The van der Waals surface area contributed by atoms with Crippen molar-refractivity contribution in [3.8, 4) is 16.9 Å². The van der Waals surface area contributed by atoms with Crippen LogP contribution in [0.3, 0.4) is 0 Å². The molecule has 1 fully saturated rings. The highest BCUT2D eigenvalue weighted by atomic mass is 19.1. The highest BCUT2D eigenvalue weighted by Crippen LogP contribution is 2.28. The van der Waals surface area contributed by atoms with E-state index < -0.39 is 5.63 Å². The van der Waals surface area contributed by atoms with Gasteiger partial charge in [-0.2, -0.15) is 0 Å². The maximum absolute atomic E-state index is 13.1. The van der Waals surface area contributed by atoms with Crippen molar-refractivity contribution in [3.05, 3.63) is 64.3 Å². The Morgan fingerprint density at radius 1 is 1.08 bits per heavy atom. The zero-order valence-electron chi connectivity index (χ0n) is 14.1. The summed E-state index contributed by atoms with van der Waals surface area (Å²) in [6.45, 7) is 3.60. The number of hydrogen-bond donors (Lipinski definition) is 2. The number of phenolic OH excluding ortho intramolecular Hbond substituents is 1. The molecule has 1 saturated heterocycles. The molecule has 1 aromatic heterocycles. The highest BCUT2D eigenvalue weighted by Gasteiger charge is 2.20. The summed E-state index contributed by atoms with van der Waals surface area (Å²) in [6.07, 6.45) is 0. The maximum atomic E-state index is 13.1. The van der Waals surface area contributed by atoms with Gasteiger partial charge in [0.25, 0.3) is 0 Å². The Hall–Kier alpha value is -2.70. The Morgan fingerprint density at radius 3 is 2.54 bits per heavy atom. The Balaban J connectivity index is 1.79. The van der Waals surface area contributed by atoms with Gasteiger partial charge in [0.15, 0.2) is 5.58 Å². The lowest BCUT2D eigenvalue weighted by molar-refractivity contribution is -0.921. The summed E-state index contributed by atoms with van der Waals surface area (Å²) in [6, 6.07) is 10.8. The summed E-state index contributed by atoms with van der Waals surface area (Å²) >= 11 is 0. The third-order valence-electron chi connectivity index (χ3n) is 4.76. The van der Waals surface area contributed by atoms with Crippen LogP contribution in [-0.2, 0) is 11.3 Å². The number of phenols is 1. The maximum Gasteiger partial charge on any atom is 0.344 e. The van der Waals surface area contributed by atoms with Gasteiger partial charge in [-0.1, -0.05) is 12.1 Å². The van der Waals surface area contributed by atoms with Crippen LogP contribution in [0.15, 0.2) is 51.7 Å². The van der Waals surface area contributed by atoms with Gasteiger partial charge in [-0.25, -0.2) is 9.18 Å². The van der Waals surface area contributed by atoms with Crippen LogP contribution in [0.5, 0.6) is 5.75 Å². The molecule has 3 aromatic rings. The van der Waals surface area contributed by atoms with Crippen molar-refractivity contribution in [1.29, 1.82) is 0 Å². The molecule has 5 nitrogen and oxygen atoms in total. The first kappa shape index (κ1) is 16.8. The first-order valence-electron chi connectivity index (χ1n) is 8.58. The van der Waals surface area contributed by atoms with E-state index in [0.717, 1.165) is 18.5 Å². The quantitative estimate of drug-likeness (QED) is 0.702. The van der Waals surface area contributed by atoms with Crippen LogP contribution in [-0.4, -0.2) is 31.4 Å². The third-order valence-corrected chi connectivity index (χ3v) is 4.76. The number of rotatable bonds is 3. The Labute approximate surface area is 149 Å². The summed E-state index contributed by atoms with van der Waals surface area (Å²) in [4.78, 5) is 13.8. The van der Waals surface area contributed by atoms with Crippen molar-refractivity contribution in [2.45, 2.75) is 6.54 Å². The van der Waals surface area contributed by atoms with Crippen LogP contribution >= 0.6 is 0 Å². The van der Waals surface area contributed by atoms with E-state index in [9.17, 15) is 14.3 Å². The van der Waals surface area contributed by atoms with E-state index >= 15 is 0 Å². The van der Waals surface area contributed by atoms with Crippen molar-refractivity contribution >= 4 is 11.0 Å². The Morgan fingerprint density at radius 2 is 1.81 bits per heavy atom. The highest BCUT2D eigenvalue weighted by molar-refractivity contribution is 5.85. The van der Waals surface area contributed by atoms with Crippen LogP contribution < -0.4 is 10.5 Å². The lowest BCUT2D eigenvalue weighted by Gasteiger charge is -2.24. The molecular weight excluding hydrogens is 337 g/mol. The van der Waals surface area contributed by atoms with Gasteiger partial charge in [-0.3, -0.25) is 0 Å². The van der Waals surface area contributed by atoms with E-state index in [4.69, 9.17) is 9.15 Å². The van der Waals surface area contributed by atoms with Crippen molar-refractivity contribution in [2.24, 2.45) is 0 Å². The number of nitrogens with one attached hydrogen (secondary N) is 1. The Kier molecular flexibility index (Phi) is 4.44. The summed E-state index contributed by atoms with van der Waals surface area (Å²) in [7, 11) is 0. The average molecular weight is 356 g/mol. The largest absolute Gasteiger partial charge is 0.507 e. The minimum Gasteiger partial charge on any atom is -0.507 e. The second kappa shape index (κ2) is 6.90. The fourth-order valence-corrected chi connectivity index (χ4v) is 3.32. The molecule has 6 heteroatoms. The SMILES string of the molecule is O=c1oc2c(C[NH+]3CCOCC3)c(O)ccc2cc1-c1ccc(F)cc1. The molecule has 26 heavy (non-hydrogen) atoms. The molecule has 2 N–H and O–H groups in total. The number of hydrogen-bond acceptors (Lipinski definition) is 4. The minimum absolute atomic E-state index is 0.120. The fourth-order valence-electron chi connectivity index (χ4n) is 3.32. The van der Waals surface area contributed by atoms with E-state index in [2.05, 4.69) is 0 Å². The Bertz CT molecular complexity index is 991. The predicted molar refractivity (Wildman–Crippen MR) is 94.8 cm³/mol. The molecule has 0 saturated carbocycles. The minimum atomic E-state index is -0.507. The number of halogens is 1. The van der Waals surface area contributed by atoms with Gasteiger partial charge in [0.2, 0.25) is 0 Å². The normalized spacial score (nSPS) is 15.4. The van der Waals surface area contributed by atoms with Gasteiger partial charge in [0.1, 0.15) is 31.2 Å². The zero-order chi connectivity index (χ0) is 18.1. The van der Waals surface area contributed by atoms with Crippen molar-refractivity contribution in [1.82, 2.24) is 0 Å². The van der Waals surface area contributed by atoms with Crippen LogP contribution in [0.4, 0.5) is 4.39 Å². The van der Waals surface area contributed by atoms with E-state index in [-0.39, 0.29) is 11.6 Å². The summed E-state index contributed by atoms with van der Waals surface area (Å²) in [5.41, 5.74) is 1.48. The van der Waals surface area contributed by atoms with Gasteiger partial charge in [-0.05, 0) is 35.9 Å². The molecule has 2 aromatic carbocycles. The zero-order valence-corrected chi connectivity index (χ0v) is 14.1. The van der Waals surface area contributed by atoms with Gasteiger partial charge in [0.05, 0.1) is 24.3 Å². The van der Waals surface area contributed by atoms with Gasteiger partial charge in [-0.15, -0.1) is 0 Å². The predicted octanol–water partition coefficient (Wildman–Crippen LogP) is 1.72. The van der Waals surface area contributed by atoms with Gasteiger partial charge in [0, 0.05) is 5.39 Å². The van der Waals surface area contributed by atoms with Crippen molar-refractivity contribution in [3.63, 3.8) is 0 Å². The second-order valence-electron chi connectivity index (χ2n) is 6.48. The third kappa shape index (κ3) is 3.21. The van der Waals surface area contributed by atoms with E-state index in [0.29, 0.717) is 42.0 Å². The number of ether oxygens (including phenoxy) is 1. The lowest BCUT2D eigenvalue weighted by atomic mass is 10.0. The number of fused-ring (bicyclic) bond motifs is 1. The second-order valence-corrected chi connectivity index (χ2v) is 6.48. The molecule has 134 valence electrons. The smallest absolute Gasteiger partial charge is 0.344 e. The molecule has 0 bridgehead atoms. The lowest BCUT2D eigenvalue weighted by Crippen LogP contribution is -3.12. The topological polar surface area (TPSA) is 64.1 Å². The number of quaternary nitrogens is 1. The molecule has 0 amide bonds. The molecule has 0 spiro atoms. The molecule has 0 unspecified atom stereocenters. The van der Waals surface area contributed by atoms with Crippen molar-refractivity contribution in [2.75, 3.05) is 26.3 Å². The summed E-state index contributed by atoms with van der Waals surface area (Å²) in [5, 5.41) is 11.0. The number of aromatic hydroxyl groups is 1. The van der Waals surface area contributed by atoms with Crippen LogP contribution in [0.25, 0.3) is 22.1 Å². The average Bonchev–Trinajstić information content (AvgIpc) is 2.66. The van der Waals surface area contributed by atoms with E-state index in [1.54, 1.807) is 30.3 Å². The molecule has 0 aliphatic carbocycles. The van der Waals surface area contributed by atoms with E-state index in [1.807, 2.05) is 0 Å². The monoisotopic (exact) mass is 356 g/mol. The van der Waals surface area contributed by atoms with E-state index in [1.165, 1.54) is 17.0 Å². The summed E-state index contributed by atoms with van der Waals surface area (Å²) in [5.74, 6) is -0.242. The standard InChI is InChI=1S/C20H18FNO4/c21-15-4-1-13(2-5-15)16-11-14-3-6-18(23)17(19(14)26-20(16)24)12-22-7-9-25-10-8-22/h1-6,11,23H,7-10,12H2/p+1. The van der Waals surface area contributed by atoms with Crippen LogP contribution in [0.2, 0.25) is 0 Å². The fraction of sp³-hybridized carbons (Fsp3) is 0.250. The van der Waals surface area contributed by atoms with Crippen molar-refractivity contribution < 1.29 is 23.6 Å². The van der Waals surface area contributed by atoms with Gasteiger partial charge >= 0.3 is 5.63 Å². The van der Waals surface area contributed by atoms with Crippen LogP contribution in [0.1, 0.15) is 5.56 Å². The van der Waals surface area contributed by atoms with Gasteiger partial charge < -0.3 is 19.2 Å². The first-order valence-corrected chi connectivity index (χ1v) is 8.58. The molecular formula is C20H19FNO4+. The molecule has 0 radical (unpaired) electrons. The molecule has 4 rings (SSSR count). The first-order chi connectivity index (χ1) is 12.6. The number of benzene rings is 2. The van der Waals surface area contributed by atoms with Crippen LogP contribution in [0, 0.1) is 5.82 Å². The number of morpholine rings is 1. The molecule has 2 heterocycles.